The Hall–Kier alpha value is -2.18. The third-order valence-corrected chi connectivity index (χ3v) is 5.84. The van der Waals surface area contributed by atoms with E-state index in [9.17, 15) is 13.2 Å². The van der Waals surface area contributed by atoms with Gasteiger partial charge in [0.2, 0.25) is 15.9 Å². The largest absolute Gasteiger partial charge is 0.316 e. The molecule has 6 heteroatoms. The van der Waals surface area contributed by atoms with Crippen LogP contribution in [-0.2, 0) is 14.8 Å². The zero-order chi connectivity index (χ0) is 17.3. The van der Waals surface area contributed by atoms with Crippen molar-refractivity contribution in [2.75, 3.05) is 11.9 Å². The maximum atomic E-state index is 12.5. The van der Waals surface area contributed by atoms with E-state index in [0.717, 1.165) is 12.0 Å². The molecule has 0 heterocycles. The maximum Gasteiger partial charge on any atom is 0.240 e. The fourth-order valence-electron chi connectivity index (χ4n) is 2.69. The molecule has 0 unspecified atom stereocenters. The number of sulfonamides is 1. The van der Waals surface area contributed by atoms with Crippen LogP contribution in [0.2, 0.25) is 0 Å². The molecule has 1 N–H and O–H groups in total. The molecule has 3 rings (SSSR count). The smallest absolute Gasteiger partial charge is 0.240 e. The first kappa shape index (κ1) is 16.7. The Morgan fingerprint density at radius 3 is 2.29 bits per heavy atom. The number of nitrogens with one attached hydrogen (secondary N) is 1. The second kappa shape index (κ2) is 6.37. The van der Waals surface area contributed by atoms with Gasteiger partial charge >= 0.3 is 0 Å². The molecule has 1 aliphatic carbocycles. The summed E-state index contributed by atoms with van der Waals surface area (Å²) < 4.78 is 27.7. The van der Waals surface area contributed by atoms with E-state index in [2.05, 4.69) is 4.72 Å². The Balaban J connectivity index is 1.69. The monoisotopic (exact) mass is 344 g/mol. The van der Waals surface area contributed by atoms with Gasteiger partial charge in [0.15, 0.2) is 0 Å². The molecule has 2 atom stereocenters. The number of hydrogen-bond donors (Lipinski definition) is 1. The van der Waals surface area contributed by atoms with Crippen molar-refractivity contribution in [2.45, 2.75) is 30.2 Å². The summed E-state index contributed by atoms with van der Waals surface area (Å²) in [6, 6.07) is 16.2. The van der Waals surface area contributed by atoms with Crippen molar-refractivity contribution in [1.29, 1.82) is 0 Å². The number of amides is 1. The standard InChI is InChI=1S/C18H20N2O3S/c1-13(21)20(2)15-8-10-16(11-9-15)24(22,23)19-18-12-17(18)14-6-4-3-5-7-14/h3-11,17-19H,12H2,1-2H3/t17-,18+/m1/s1. The van der Waals surface area contributed by atoms with Crippen molar-refractivity contribution in [3.63, 3.8) is 0 Å². The van der Waals surface area contributed by atoms with Gasteiger partial charge in [0.1, 0.15) is 0 Å². The van der Waals surface area contributed by atoms with Gasteiger partial charge in [0.25, 0.3) is 0 Å². The van der Waals surface area contributed by atoms with Gasteiger partial charge in [-0.05, 0) is 36.2 Å². The lowest BCUT2D eigenvalue weighted by Crippen LogP contribution is -2.27. The Bertz CT molecular complexity index is 832. The quantitative estimate of drug-likeness (QED) is 0.906. The molecule has 1 saturated carbocycles. The average Bonchev–Trinajstić information content (AvgIpc) is 3.33. The minimum atomic E-state index is -3.55. The highest BCUT2D eigenvalue weighted by molar-refractivity contribution is 7.89. The van der Waals surface area contributed by atoms with Crippen LogP contribution in [0.1, 0.15) is 24.8 Å². The Kier molecular flexibility index (Phi) is 4.43. The van der Waals surface area contributed by atoms with Gasteiger partial charge in [-0.2, -0.15) is 0 Å². The molecule has 5 nitrogen and oxygen atoms in total. The minimum Gasteiger partial charge on any atom is -0.316 e. The summed E-state index contributed by atoms with van der Waals surface area (Å²) >= 11 is 0. The molecule has 126 valence electrons. The first-order chi connectivity index (χ1) is 11.4. The summed E-state index contributed by atoms with van der Waals surface area (Å²) in [7, 11) is -1.90. The normalized spacial score (nSPS) is 19.8. The van der Waals surface area contributed by atoms with Crippen molar-refractivity contribution in [1.82, 2.24) is 4.72 Å². The van der Waals surface area contributed by atoms with E-state index in [4.69, 9.17) is 0 Å². The Morgan fingerprint density at radius 1 is 1.08 bits per heavy atom. The molecule has 1 fully saturated rings. The van der Waals surface area contributed by atoms with Crippen LogP contribution in [0.3, 0.4) is 0 Å². The van der Waals surface area contributed by atoms with E-state index in [0.29, 0.717) is 5.69 Å². The second-order valence-corrected chi connectivity index (χ2v) is 7.77. The summed E-state index contributed by atoms with van der Waals surface area (Å²) in [5, 5.41) is 0. The van der Waals surface area contributed by atoms with Crippen LogP contribution in [0.15, 0.2) is 59.5 Å². The minimum absolute atomic E-state index is 0.0584. The third-order valence-electron chi connectivity index (χ3n) is 4.33. The number of nitrogens with zero attached hydrogens (tertiary/aromatic N) is 1. The van der Waals surface area contributed by atoms with Crippen LogP contribution in [0.4, 0.5) is 5.69 Å². The summed E-state index contributed by atoms with van der Waals surface area (Å²) in [4.78, 5) is 13.0. The zero-order valence-corrected chi connectivity index (χ0v) is 14.5. The van der Waals surface area contributed by atoms with E-state index >= 15 is 0 Å². The van der Waals surface area contributed by atoms with Crippen LogP contribution in [0.5, 0.6) is 0 Å². The fraction of sp³-hybridized carbons (Fsp3) is 0.278. The van der Waals surface area contributed by atoms with Crippen LogP contribution < -0.4 is 9.62 Å². The number of benzene rings is 2. The number of carbonyl (C=O) groups is 1. The van der Waals surface area contributed by atoms with Gasteiger partial charge in [-0.1, -0.05) is 30.3 Å². The molecule has 0 aromatic heterocycles. The van der Waals surface area contributed by atoms with Crippen LogP contribution in [0, 0.1) is 0 Å². The molecule has 0 radical (unpaired) electrons. The van der Waals surface area contributed by atoms with Gasteiger partial charge in [0, 0.05) is 31.6 Å². The Labute approximate surface area is 142 Å². The number of anilines is 1. The topological polar surface area (TPSA) is 66.5 Å². The summed E-state index contributed by atoms with van der Waals surface area (Å²) in [6.07, 6.45) is 0.814. The molecule has 1 amide bonds. The second-order valence-electron chi connectivity index (χ2n) is 6.05. The molecule has 1 aliphatic rings. The highest BCUT2D eigenvalue weighted by Crippen LogP contribution is 2.41. The van der Waals surface area contributed by atoms with Gasteiger partial charge in [-0.15, -0.1) is 0 Å². The number of hydrogen-bond acceptors (Lipinski definition) is 3. The summed E-state index contributed by atoms with van der Waals surface area (Å²) in [5.41, 5.74) is 1.82. The van der Waals surface area contributed by atoms with Gasteiger partial charge in [-0.25, -0.2) is 13.1 Å². The molecule has 0 spiro atoms. The van der Waals surface area contributed by atoms with Crippen LogP contribution in [-0.4, -0.2) is 27.4 Å². The first-order valence-electron chi connectivity index (χ1n) is 7.80. The molecule has 0 saturated heterocycles. The lowest BCUT2D eigenvalue weighted by molar-refractivity contribution is -0.116. The van der Waals surface area contributed by atoms with E-state index in [-0.39, 0.29) is 22.8 Å². The van der Waals surface area contributed by atoms with Crippen molar-refractivity contribution < 1.29 is 13.2 Å². The fourth-order valence-corrected chi connectivity index (χ4v) is 3.98. The van der Waals surface area contributed by atoms with Gasteiger partial charge in [-0.3, -0.25) is 4.79 Å². The maximum absolute atomic E-state index is 12.5. The predicted octanol–water partition coefficient (Wildman–Crippen LogP) is 2.50. The number of carbonyl (C=O) groups excluding carboxylic acids is 1. The first-order valence-corrected chi connectivity index (χ1v) is 9.28. The lowest BCUT2D eigenvalue weighted by atomic mass is 10.1. The molecule has 2 aromatic rings. The lowest BCUT2D eigenvalue weighted by Gasteiger charge is -2.15. The molecule has 0 bridgehead atoms. The zero-order valence-electron chi connectivity index (χ0n) is 13.6. The third kappa shape index (κ3) is 3.49. The SMILES string of the molecule is CC(=O)N(C)c1ccc(S(=O)(=O)N[C@H]2C[C@@H]2c2ccccc2)cc1. The van der Waals surface area contributed by atoms with Crippen LogP contribution >= 0.6 is 0 Å². The molecule has 2 aromatic carbocycles. The highest BCUT2D eigenvalue weighted by Gasteiger charge is 2.41. The number of rotatable bonds is 5. The van der Waals surface area contributed by atoms with Gasteiger partial charge in [0.05, 0.1) is 4.90 Å². The van der Waals surface area contributed by atoms with Crippen molar-refractivity contribution in [3.05, 3.63) is 60.2 Å². The summed E-state index contributed by atoms with van der Waals surface area (Å²) in [5.74, 6) is 0.136. The molecular weight excluding hydrogens is 324 g/mol. The summed E-state index contributed by atoms with van der Waals surface area (Å²) in [6.45, 7) is 1.46. The average molecular weight is 344 g/mol. The van der Waals surface area contributed by atoms with E-state index < -0.39 is 10.0 Å². The van der Waals surface area contributed by atoms with Crippen LogP contribution in [0.25, 0.3) is 0 Å². The van der Waals surface area contributed by atoms with Gasteiger partial charge < -0.3 is 4.90 Å². The highest BCUT2D eigenvalue weighted by atomic mass is 32.2. The van der Waals surface area contributed by atoms with E-state index in [1.54, 1.807) is 19.2 Å². The molecular formula is C18H20N2O3S. The van der Waals surface area contributed by atoms with Crippen molar-refractivity contribution in [2.24, 2.45) is 0 Å². The van der Waals surface area contributed by atoms with E-state index in [1.165, 1.54) is 24.0 Å². The van der Waals surface area contributed by atoms with Crippen molar-refractivity contribution in [3.8, 4) is 0 Å². The Morgan fingerprint density at radius 2 is 1.71 bits per heavy atom. The predicted molar refractivity (Wildman–Crippen MR) is 93.4 cm³/mol. The van der Waals surface area contributed by atoms with Crippen molar-refractivity contribution >= 4 is 21.6 Å². The molecule has 24 heavy (non-hydrogen) atoms. The molecule has 0 aliphatic heterocycles. The van der Waals surface area contributed by atoms with E-state index in [1.807, 2.05) is 30.3 Å².